The van der Waals surface area contributed by atoms with Crippen molar-refractivity contribution in [1.82, 2.24) is 0 Å². The lowest BCUT2D eigenvalue weighted by Gasteiger charge is -2.62. The first kappa shape index (κ1) is 34.8. The van der Waals surface area contributed by atoms with Crippen molar-refractivity contribution in [3.8, 4) is 0 Å². The van der Waals surface area contributed by atoms with Gasteiger partial charge in [0.05, 0.1) is 0 Å². The molecule has 0 amide bonds. The van der Waals surface area contributed by atoms with Gasteiger partial charge in [-0.1, -0.05) is 68.7 Å². The molecule has 42 heavy (non-hydrogen) atoms. The quantitative estimate of drug-likeness (QED) is 0.250. The van der Waals surface area contributed by atoms with Crippen LogP contribution in [0.5, 0.6) is 0 Å². The number of hydrogen-bond acceptors (Lipinski definition) is 13. The Labute approximate surface area is 261 Å². The van der Waals surface area contributed by atoms with Crippen LogP contribution in [0.25, 0.3) is 0 Å². The van der Waals surface area contributed by atoms with Gasteiger partial charge in [-0.05, 0) is 18.6 Å². The molecule has 244 valence electrons. The first-order chi connectivity index (χ1) is 19.6. The molecule has 6 saturated heterocycles. The molecule has 22 heteroatoms. The van der Waals surface area contributed by atoms with Gasteiger partial charge in [0.1, 0.15) is 0 Å². The third kappa shape index (κ3) is 5.76. The lowest BCUT2D eigenvalue weighted by Crippen LogP contribution is -2.88. The van der Waals surface area contributed by atoms with Crippen LogP contribution in [0.2, 0.25) is 60.9 Å². The minimum atomic E-state index is -4.20. The lowest BCUT2D eigenvalue weighted by molar-refractivity contribution is -0.0461. The Morgan fingerprint density at radius 3 is 0.833 bits per heavy atom. The average molecular weight is 751 g/mol. The molecule has 13 nitrogen and oxygen atoms in total. The number of rotatable bonds is 11. The zero-order chi connectivity index (χ0) is 30.9. The summed E-state index contributed by atoms with van der Waals surface area (Å²) in [6, 6.07) is 2.91. The molecule has 8 bridgehead atoms. The van der Waals surface area contributed by atoms with Crippen LogP contribution in [0, 0.1) is 0 Å². The molecule has 0 radical (unpaired) electrons. The first-order valence-corrected chi connectivity index (χ1v) is 33.9. The van der Waals surface area contributed by atoms with Crippen LogP contribution >= 0.6 is 0 Å². The van der Waals surface area contributed by atoms with E-state index in [0.29, 0.717) is 42.3 Å². The smallest absolute Gasteiger partial charge is 0.395 e. The zero-order valence-corrected chi connectivity index (χ0v) is 36.0. The van der Waals surface area contributed by atoms with Crippen LogP contribution < -0.4 is 0 Å². The van der Waals surface area contributed by atoms with E-state index in [2.05, 4.69) is 26.9 Å². The average Bonchev–Trinajstić information content (AvgIpc) is 2.91. The second kappa shape index (κ2) is 11.5. The Kier molecular flexibility index (Phi) is 9.55. The highest BCUT2D eigenvalue weighted by atomic mass is 28.6. The summed E-state index contributed by atoms with van der Waals surface area (Å²) in [4.78, 5) is 0. The predicted octanol–water partition coefficient (Wildman–Crippen LogP) is 5.42. The van der Waals surface area contributed by atoms with Crippen LogP contribution in [-0.4, -0.2) is 79.0 Å². The van der Waals surface area contributed by atoms with Crippen molar-refractivity contribution >= 4 is 79.0 Å². The highest BCUT2D eigenvalue weighted by Crippen LogP contribution is 2.53. The maximum absolute atomic E-state index is 7.20. The summed E-state index contributed by atoms with van der Waals surface area (Å²) < 4.78 is 92.9. The second-order valence-corrected chi connectivity index (χ2v) is 42.3. The molecule has 0 aromatic rings. The maximum atomic E-state index is 7.20. The van der Waals surface area contributed by atoms with Crippen LogP contribution in [0.1, 0.15) is 68.7 Å². The fourth-order valence-corrected chi connectivity index (χ4v) is 58.4. The molecular formula is C20H50O13Si9. The Hall–Kier alpha value is 1.43. The van der Waals surface area contributed by atoms with Crippen molar-refractivity contribution in [2.75, 3.05) is 0 Å². The molecule has 0 aliphatic carbocycles. The molecule has 0 aromatic heterocycles. The Balaban J connectivity index is 1.85. The Bertz CT molecular complexity index is 905. The van der Waals surface area contributed by atoms with Gasteiger partial charge in [-0.3, -0.25) is 0 Å². The molecule has 0 saturated carbocycles. The van der Waals surface area contributed by atoms with E-state index in [4.69, 9.17) is 53.5 Å². The van der Waals surface area contributed by atoms with Gasteiger partial charge in [0, 0.05) is 42.3 Å². The van der Waals surface area contributed by atoms with Gasteiger partial charge in [0.25, 0.3) is 0 Å². The molecule has 6 fully saturated rings. The van der Waals surface area contributed by atoms with E-state index in [1.807, 2.05) is 48.5 Å². The highest BCUT2D eigenvalue weighted by Gasteiger charge is 2.83. The molecule has 1 atom stereocenters. The van der Waals surface area contributed by atoms with Gasteiger partial charge < -0.3 is 53.5 Å². The lowest BCUT2D eigenvalue weighted by atomic mass is 10.4. The van der Waals surface area contributed by atoms with Crippen LogP contribution in [0.4, 0.5) is 0 Å². The molecule has 0 spiro atoms. The molecule has 0 N–H and O–H groups in total. The maximum Gasteiger partial charge on any atom is 0.646 e. The van der Waals surface area contributed by atoms with E-state index in [-0.39, 0.29) is 5.54 Å². The van der Waals surface area contributed by atoms with Crippen molar-refractivity contribution < 1.29 is 53.5 Å². The van der Waals surface area contributed by atoms with Gasteiger partial charge >= 0.3 is 70.7 Å². The normalized spacial score (nSPS) is 49.2. The summed E-state index contributed by atoms with van der Waals surface area (Å²) in [7, 11) is -32.5. The Morgan fingerprint density at radius 1 is 0.429 bits per heavy atom. The van der Waals surface area contributed by atoms with E-state index in [1.165, 1.54) is 0 Å². The van der Waals surface area contributed by atoms with E-state index in [9.17, 15) is 0 Å². The third-order valence-electron chi connectivity index (χ3n) is 8.86. The second-order valence-electron chi connectivity index (χ2n) is 12.0. The third-order valence-corrected chi connectivity index (χ3v) is 49.9. The van der Waals surface area contributed by atoms with E-state index >= 15 is 0 Å². The van der Waals surface area contributed by atoms with E-state index < -0.39 is 79.0 Å². The van der Waals surface area contributed by atoms with Gasteiger partial charge in [0.2, 0.25) is 0 Å². The van der Waals surface area contributed by atoms with Gasteiger partial charge in [-0.25, -0.2) is 0 Å². The Morgan fingerprint density at radius 2 is 0.643 bits per heavy atom. The fraction of sp³-hybridized carbons (Fsp3) is 1.00. The molecule has 1 unspecified atom stereocenters. The van der Waals surface area contributed by atoms with Gasteiger partial charge in [-0.2, -0.15) is 0 Å². The summed E-state index contributed by atoms with van der Waals surface area (Å²) in [5.41, 5.74) is 0.272. The monoisotopic (exact) mass is 750 g/mol. The van der Waals surface area contributed by atoms with Crippen molar-refractivity contribution in [2.24, 2.45) is 0 Å². The summed E-state index contributed by atoms with van der Waals surface area (Å²) in [6.45, 7) is 22.6. The van der Waals surface area contributed by atoms with Crippen molar-refractivity contribution in [2.45, 2.75) is 130 Å². The molecule has 6 rings (SSSR count). The molecule has 6 aliphatic heterocycles. The fourth-order valence-electron chi connectivity index (χ4n) is 5.70. The van der Waals surface area contributed by atoms with Crippen molar-refractivity contribution in [3.05, 3.63) is 0 Å². The summed E-state index contributed by atoms with van der Waals surface area (Å²) in [5.74, 6) is 0. The van der Waals surface area contributed by atoms with Crippen LogP contribution in [0.3, 0.4) is 0 Å². The predicted molar refractivity (Wildman–Crippen MR) is 171 cm³/mol. The highest BCUT2D eigenvalue weighted by molar-refractivity contribution is 7.03. The van der Waals surface area contributed by atoms with Crippen molar-refractivity contribution in [3.63, 3.8) is 0 Å². The number of hydrogen-bond donors (Lipinski definition) is 0. The minimum Gasteiger partial charge on any atom is -0.395 e. The van der Waals surface area contributed by atoms with Gasteiger partial charge in [-0.15, -0.1) is 0 Å². The molecular weight excluding hydrogens is 701 g/mol. The first-order valence-electron chi connectivity index (χ1n) is 15.7. The van der Waals surface area contributed by atoms with Crippen LogP contribution in [0.15, 0.2) is 0 Å². The van der Waals surface area contributed by atoms with Crippen molar-refractivity contribution in [1.29, 1.82) is 0 Å². The van der Waals surface area contributed by atoms with E-state index in [1.54, 1.807) is 0 Å². The zero-order valence-electron chi connectivity index (χ0n) is 27.0. The minimum absolute atomic E-state index is 0.272. The largest absolute Gasteiger partial charge is 0.646 e. The summed E-state index contributed by atoms with van der Waals surface area (Å²) in [5, 5.41) is 0. The standard InChI is InChI=1S/C20H50O13Si9/c1-12-20(9)34(10,11)21-42-31-39(17-6)25-36(14-3)22-35(13-2)23-37(15-4,27-39)29-41(19-8,33-42)30-38(16-5,24-35)28-40(18-7,26-36)32-42/h20H,12-19H2,1-11H3. The summed E-state index contributed by atoms with van der Waals surface area (Å²) in [6.07, 6.45) is 0.933. The van der Waals surface area contributed by atoms with Gasteiger partial charge in [0.15, 0.2) is 8.32 Å². The van der Waals surface area contributed by atoms with Crippen LogP contribution in [-0.2, 0) is 53.5 Å². The molecule has 6 heterocycles. The SMILES string of the molecule is CCC(C)[Si](C)(C)O[Si]12O[Si]3(CC)O[Si]4(CC)O[Si]5(CC)O[Si](CC)(O3)O[Si](CC)(O[Si](CC)(O5)O[Si](CC)(O4)O1)O2. The molecule has 0 aromatic carbocycles. The molecule has 6 aliphatic rings. The summed E-state index contributed by atoms with van der Waals surface area (Å²) >= 11 is 0. The topological polar surface area (TPSA) is 120 Å². The van der Waals surface area contributed by atoms with E-state index in [0.717, 1.165) is 6.42 Å².